The number of likely N-dealkylation sites (tertiary alicyclic amines) is 1. The number of nitriles is 1. The van der Waals surface area contributed by atoms with E-state index in [2.05, 4.69) is 16.1 Å². The van der Waals surface area contributed by atoms with Gasteiger partial charge in [-0.05, 0) is 81.4 Å². The first-order valence-corrected chi connectivity index (χ1v) is 13.0. The lowest BCUT2D eigenvalue weighted by Crippen LogP contribution is -2.69. The summed E-state index contributed by atoms with van der Waals surface area (Å²) in [7, 11) is -4.04. The third-order valence-corrected chi connectivity index (χ3v) is 9.53. The number of carbonyl (C=O) groups excluding carboxylic acids is 1. The lowest BCUT2D eigenvalue weighted by Gasteiger charge is -2.62. The monoisotopic (exact) mass is 478 g/mol. The molecule has 10 heteroatoms. The minimum atomic E-state index is -4.04. The Bertz CT molecular complexity index is 1110. The molecule has 1 amide bonds. The molecular formula is C23H28F2N4O3S. The van der Waals surface area contributed by atoms with Crippen LogP contribution < -0.4 is 10.0 Å². The van der Waals surface area contributed by atoms with Gasteiger partial charge in [0, 0.05) is 17.6 Å². The zero-order valence-electron chi connectivity index (χ0n) is 18.3. The average Bonchev–Trinajstić information content (AvgIpc) is 3.21. The Labute approximate surface area is 192 Å². The number of rotatable bonds is 6. The van der Waals surface area contributed by atoms with Crippen LogP contribution in [0.1, 0.15) is 51.4 Å². The van der Waals surface area contributed by atoms with Gasteiger partial charge in [-0.1, -0.05) is 0 Å². The predicted molar refractivity (Wildman–Crippen MR) is 115 cm³/mol. The topological polar surface area (TPSA) is 102 Å². The van der Waals surface area contributed by atoms with Gasteiger partial charge >= 0.3 is 0 Å². The number of nitrogens with one attached hydrogen (secondary N) is 2. The van der Waals surface area contributed by atoms with Crippen molar-refractivity contribution in [2.45, 2.75) is 73.4 Å². The van der Waals surface area contributed by atoms with E-state index in [0.717, 1.165) is 37.8 Å². The number of hydrogen-bond donors (Lipinski definition) is 2. The van der Waals surface area contributed by atoms with Gasteiger partial charge in [0.25, 0.3) is 0 Å². The molecule has 4 bridgehead atoms. The van der Waals surface area contributed by atoms with Crippen molar-refractivity contribution in [2.24, 2.45) is 11.8 Å². The maximum atomic E-state index is 13.7. The van der Waals surface area contributed by atoms with Crippen molar-refractivity contribution in [2.75, 3.05) is 13.1 Å². The number of halogens is 2. The number of carbonyl (C=O) groups is 1. The number of nitrogens with zero attached hydrogens (tertiary/aromatic N) is 2. The molecule has 0 radical (unpaired) electrons. The Morgan fingerprint density at radius 1 is 1.15 bits per heavy atom. The Kier molecular flexibility index (Phi) is 5.50. The van der Waals surface area contributed by atoms with E-state index in [-0.39, 0.29) is 28.9 Å². The first kappa shape index (κ1) is 22.7. The van der Waals surface area contributed by atoms with Gasteiger partial charge in [0.2, 0.25) is 15.9 Å². The van der Waals surface area contributed by atoms with Crippen LogP contribution in [0, 0.1) is 34.8 Å². The van der Waals surface area contributed by atoms with Crippen molar-refractivity contribution in [1.82, 2.24) is 14.9 Å². The molecule has 7 nitrogen and oxygen atoms in total. The summed E-state index contributed by atoms with van der Waals surface area (Å²) >= 11 is 0. The zero-order valence-corrected chi connectivity index (χ0v) is 19.1. The highest BCUT2D eigenvalue weighted by Crippen LogP contribution is 2.57. The molecule has 1 heterocycles. The van der Waals surface area contributed by atoms with E-state index in [4.69, 9.17) is 0 Å². The van der Waals surface area contributed by atoms with Gasteiger partial charge in [-0.25, -0.2) is 21.9 Å². The van der Waals surface area contributed by atoms with E-state index in [1.165, 1.54) is 0 Å². The SMILES string of the molecule is N#C[C@@H]1CCCN1C(=O)CNC12CC3CC(C1)CC(NS(=O)(=O)c1ccc(F)c(F)c1)(C3)C2. The summed E-state index contributed by atoms with van der Waals surface area (Å²) in [6, 6.07) is 4.44. The number of benzene rings is 1. The van der Waals surface area contributed by atoms with Crippen molar-refractivity contribution in [3.63, 3.8) is 0 Å². The maximum Gasteiger partial charge on any atom is 0.241 e. The van der Waals surface area contributed by atoms with Crippen LogP contribution in [-0.2, 0) is 14.8 Å². The van der Waals surface area contributed by atoms with Crippen LogP contribution in [0.2, 0.25) is 0 Å². The van der Waals surface area contributed by atoms with E-state index >= 15 is 0 Å². The number of sulfonamides is 1. The zero-order chi connectivity index (χ0) is 23.4. The molecule has 5 fully saturated rings. The van der Waals surface area contributed by atoms with Crippen molar-refractivity contribution >= 4 is 15.9 Å². The van der Waals surface area contributed by atoms with Crippen molar-refractivity contribution in [3.05, 3.63) is 29.8 Å². The Morgan fingerprint density at radius 3 is 2.52 bits per heavy atom. The Balaban J connectivity index is 1.33. The molecular weight excluding hydrogens is 450 g/mol. The second-order valence-electron chi connectivity index (χ2n) is 10.4. The van der Waals surface area contributed by atoms with E-state index in [1.54, 1.807) is 4.90 Å². The fraction of sp³-hybridized carbons (Fsp3) is 0.652. The molecule has 2 unspecified atom stereocenters. The van der Waals surface area contributed by atoms with E-state index < -0.39 is 27.2 Å². The first-order valence-electron chi connectivity index (χ1n) is 11.6. The van der Waals surface area contributed by atoms with Crippen molar-refractivity contribution in [1.29, 1.82) is 5.26 Å². The summed E-state index contributed by atoms with van der Waals surface area (Å²) in [5.41, 5.74) is -1.02. The largest absolute Gasteiger partial charge is 0.326 e. The molecule has 1 aliphatic heterocycles. The highest BCUT2D eigenvalue weighted by Gasteiger charge is 2.58. The van der Waals surface area contributed by atoms with Gasteiger partial charge in [-0.3, -0.25) is 4.79 Å². The van der Waals surface area contributed by atoms with E-state index in [1.807, 2.05) is 0 Å². The normalized spacial score (nSPS) is 35.1. The summed E-state index contributed by atoms with van der Waals surface area (Å²) in [4.78, 5) is 14.1. The van der Waals surface area contributed by atoms with E-state index in [0.29, 0.717) is 50.1 Å². The van der Waals surface area contributed by atoms with Crippen LogP contribution >= 0.6 is 0 Å². The molecule has 4 saturated carbocycles. The minimum absolute atomic E-state index is 0.0915. The molecule has 33 heavy (non-hydrogen) atoms. The Morgan fingerprint density at radius 2 is 1.85 bits per heavy atom. The van der Waals surface area contributed by atoms with Gasteiger partial charge < -0.3 is 10.2 Å². The third kappa shape index (κ3) is 4.15. The molecule has 1 saturated heterocycles. The quantitative estimate of drug-likeness (QED) is 0.654. The average molecular weight is 479 g/mol. The molecule has 5 aliphatic rings. The summed E-state index contributed by atoms with van der Waals surface area (Å²) < 4.78 is 56.0. The standard InChI is InChI=1S/C23H28F2N4O3S/c24-19-4-3-18(7-20(19)25)33(31,32)28-23-10-15-6-16(11-23)9-22(8-15,14-23)27-13-21(30)29-5-1-2-17(29)12-26/h3-4,7,15-17,27-28H,1-2,5-6,8-11,13-14H2/t15?,16?,17-,22?,23?/m0/s1. The van der Waals surface area contributed by atoms with Crippen molar-refractivity contribution < 1.29 is 22.0 Å². The maximum absolute atomic E-state index is 13.7. The van der Waals surface area contributed by atoms with Gasteiger partial charge in [0.05, 0.1) is 17.5 Å². The van der Waals surface area contributed by atoms with Crippen LogP contribution in [0.3, 0.4) is 0 Å². The van der Waals surface area contributed by atoms with Crippen LogP contribution in [0.5, 0.6) is 0 Å². The second-order valence-corrected chi connectivity index (χ2v) is 12.1. The second kappa shape index (κ2) is 8.00. The van der Waals surface area contributed by atoms with Crippen LogP contribution in [-0.4, -0.2) is 49.4 Å². The molecule has 3 atom stereocenters. The highest BCUT2D eigenvalue weighted by molar-refractivity contribution is 7.89. The first-order chi connectivity index (χ1) is 15.6. The number of hydrogen-bond acceptors (Lipinski definition) is 5. The molecule has 0 spiro atoms. The van der Waals surface area contributed by atoms with Gasteiger partial charge in [-0.15, -0.1) is 0 Å². The molecule has 0 aromatic heterocycles. The number of amides is 1. The van der Waals surface area contributed by atoms with Gasteiger partial charge in [0.15, 0.2) is 11.6 Å². The highest BCUT2D eigenvalue weighted by atomic mass is 32.2. The fourth-order valence-corrected chi connectivity index (χ4v) is 8.57. The lowest BCUT2D eigenvalue weighted by molar-refractivity contribution is -0.131. The third-order valence-electron chi connectivity index (χ3n) is 7.95. The smallest absolute Gasteiger partial charge is 0.241 e. The van der Waals surface area contributed by atoms with Gasteiger partial charge in [-0.2, -0.15) is 5.26 Å². The van der Waals surface area contributed by atoms with Crippen molar-refractivity contribution in [3.8, 4) is 6.07 Å². The molecule has 6 rings (SSSR count). The molecule has 1 aromatic carbocycles. The van der Waals surface area contributed by atoms with Gasteiger partial charge in [0.1, 0.15) is 6.04 Å². The molecule has 1 aromatic rings. The predicted octanol–water partition coefficient (Wildman–Crippen LogP) is 2.44. The molecule has 4 aliphatic carbocycles. The van der Waals surface area contributed by atoms with Crippen LogP contribution in [0.25, 0.3) is 0 Å². The summed E-state index contributed by atoms with van der Waals surface area (Å²) in [6.07, 6.45) is 6.28. The fourth-order valence-electron chi connectivity index (χ4n) is 7.14. The minimum Gasteiger partial charge on any atom is -0.326 e. The Hall–Kier alpha value is -2.09. The van der Waals surface area contributed by atoms with Crippen LogP contribution in [0.4, 0.5) is 8.78 Å². The van der Waals surface area contributed by atoms with Crippen LogP contribution in [0.15, 0.2) is 23.1 Å². The van der Waals surface area contributed by atoms with E-state index in [9.17, 15) is 27.3 Å². The molecule has 2 N–H and O–H groups in total. The summed E-state index contributed by atoms with van der Waals surface area (Å²) in [5, 5.41) is 12.7. The summed E-state index contributed by atoms with van der Waals surface area (Å²) in [6.45, 7) is 0.721. The lowest BCUT2D eigenvalue weighted by atomic mass is 9.50. The summed E-state index contributed by atoms with van der Waals surface area (Å²) in [5.74, 6) is -1.71. The molecule has 178 valence electrons.